The van der Waals surface area contributed by atoms with Crippen LogP contribution in [0.5, 0.6) is 5.75 Å². The lowest BCUT2D eigenvalue weighted by molar-refractivity contribution is -0.140. The molecule has 124 heavy (non-hydrogen) atoms. The predicted octanol–water partition coefficient (Wildman–Crippen LogP) is -0.992. The number of unbranched alkanes of at least 4 members (excludes halogenated alkanes) is 3. The molecular formula is C86H113ClN18O18S. The molecule has 668 valence electrons. The number of hydrogen-bond donors (Lipinski definition) is 23. The number of amides is 13. The maximum Gasteiger partial charge on any atom is 0.305 e. The molecule has 13 amide bonds. The van der Waals surface area contributed by atoms with Crippen molar-refractivity contribution in [3.8, 4) is 5.75 Å². The fraction of sp³-hybridized carbons (Fsp3) is 0.419. The van der Waals surface area contributed by atoms with Gasteiger partial charge in [-0.05, 0) is 147 Å². The third-order valence-corrected chi connectivity index (χ3v) is 21.0. The third kappa shape index (κ3) is 32.3. The largest absolute Gasteiger partial charge is 0.508 e. The Hall–Kier alpha value is -12.1. The van der Waals surface area contributed by atoms with E-state index in [4.69, 9.17) is 45.4 Å². The Labute approximate surface area is 727 Å². The van der Waals surface area contributed by atoms with Gasteiger partial charge in [-0.2, -0.15) is 12.6 Å². The van der Waals surface area contributed by atoms with Crippen LogP contribution in [0.25, 0.3) is 21.7 Å². The number of carboxylic acids is 1. The van der Waals surface area contributed by atoms with Crippen LogP contribution in [0.2, 0.25) is 5.02 Å². The Morgan fingerprint density at radius 1 is 0.427 bits per heavy atom. The summed E-state index contributed by atoms with van der Waals surface area (Å²) in [6, 6.07) is 23.1. The average molecular weight is 1750 g/mol. The van der Waals surface area contributed by atoms with Gasteiger partial charge in [0.15, 0.2) is 0 Å². The number of aromatic hydroxyl groups is 1. The molecule has 38 heteroatoms. The topological polar surface area (TPSA) is 610 Å². The number of benzene rings is 6. The van der Waals surface area contributed by atoms with Crippen LogP contribution in [-0.2, 0) is 99.2 Å². The van der Waals surface area contributed by atoms with Gasteiger partial charge in [-0.15, -0.1) is 0 Å². The number of phenols is 1. The fourth-order valence-electron chi connectivity index (χ4n) is 13.4. The lowest BCUT2D eigenvalue weighted by Gasteiger charge is -2.29. The Morgan fingerprint density at radius 2 is 0.863 bits per heavy atom. The second-order valence-electron chi connectivity index (χ2n) is 30.3. The highest BCUT2D eigenvalue weighted by Gasteiger charge is 2.38. The minimum Gasteiger partial charge on any atom is -0.508 e. The molecule has 7 rings (SSSR count). The maximum atomic E-state index is 15.5. The van der Waals surface area contributed by atoms with E-state index in [2.05, 4.69) is 81.4 Å². The summed E-state index contributed by atoms with van der Waals surface area (Å²) >= 11 is 10.4. The number of primary amides is 1. The van der Waals surface area contributed by atoms with Gasteiger partial charge in [0.2, 0.25) is 76.8 Å². The van der Waals surface area contributed by atoms with Crippen molar-refractivity contribution < 1.29 is 87.5 Å². The van der Waals surface area contributed by atoms with E-state index in [-0.39, 0.29) is 95.2 Å². The summed E-state index contributed by atoms with van der Waals surface area (Å²) < 4.78 is 0. The molecule has 0 radical (unpaired) electrons. The van der Waals surface area contributed by atoms with Gasteiger partial charge >= 0.3 is 5.97 Å². The lowest BCUT2D eigenvalue weighted by Crippen LogP contribution is -2.62. The number of fused-ring (bicyclic) bond motifs is 2. The summed E-state index contributed by atoms with van der Waals surface area (Å²) in [6.07, 6.45) is -1.17. The molecule has 0 saturated heterocycles. The van der Waals surface area contributed by atoms with Gasteiger partial charge in [0.1, 0.15) is 66.2 Å². The van der Waals surface area contributed by atoms with Crippen molar-refractivity contribution in [3.63, 3.8) is 0 Å². The number of thiol groups is 1. The molecule has 27 N–H and O–H groups in total. The van der Waals surface area contributed by atoms with E-state index in [1.165, 1.54) is 38.1 Å². The molecular weight excluding hydrogens is 1640 g/mol. The van der Waals surface area contributed by atoms with Gasteiger partial charge in [0.25, 0.3) is 0 Å². The van der Waals surface area contributed by atoms with E-state index >= 15 is 19.2 Å². The monoisotopic (exact) mass is 1750 g/mol. The Bertz CT molecular complexity index is 4780. The maximum absolute atomic E-state index is 15.5. The number of aliphatic hydroxyl groups is 2. The van der Waals surface area contributed by atoms with E-state index in [0.29, 0.717) is 69.6 Å². The van der Waals surface area contributed by atoms with E-state index in [0.717, 1.165) is 10.8 Å². The minimum absolute atomic E-state index is 0.0390. The van der Waals surface area contributed by atoms with E-state index in [1.54, 1.807) is 85.1 Å². The molecule has 14 atom stereocenters. The van der Waals surface area contributed by atoms with E-state index in [9.17, 15) is 63.3 Å². The molecule has 0 spiro atoms. The number of rotatable bonds is 52. The number of para-hydroxylation sites is 1. The van der Waals surface area contributed by atoms with Crippen LogP contribution in [0, 0.1) is 0 Å². The SMILES string of the molecule is C[C@@H](O)[C@H](NC(=O)[C@H](Cc1ccccc1)NC(=O)[C@@H](NC(=O)[C@H](CCCCN)NC(=O)[C@@H](Cc1c[nH]c2ccccc12)NC(=O)[C@H](Cc1ccc(O)cc1)NC(=O)[C@H](Cc1ccc(Cl)cc1)NC(=O)[C@@H](Cc1ccc2ccccc2c1)NC(=O)[C@H](N)CCCCN)[C@@H](C)O)C(=O)NCCCC[C@H](N)C(=O)NCC(=O)N[C@@H](CS)C(=O)N[C@@H](CC(=O)O)C(N)=O. The molecule has 0 aliphatic rings. The number of phenolic OH excluding ortho intramolecular Hbond substituents is 1. The quantitative estimate of drug-likeness (QED) is 0.0161. The van der Waals surface area contributed by atoms with Gasteiger partial charge < -0.3 is 118 Å². The van der Waals surface area contributed by atoms with Crippen LogP contribution < -0.4 is 92.5 Å². The number of aliphatic hydroxyl groups excluding tert-OH is 2. The first-order valence-corrected chi connectivity index (χ1v) is 41.8. The summed E-state index contributed by atoms with van der Waals surface area (Å²) in [6.45, 7) is 2.23. The molecule has 1 heterocycles. The number of hydrogen-bond acceptors (Lipinski definition) is 22. The number of carbonyl (C=O) groups excluding carboxylic acids is 13. The van der Waals surface area contributed by atoms with Gasteiger partial charge in [0, 0.05) is 66.5 Å². The van der Waals surface area contributed by atoms with Crippen molar-refractivity contribution >= 4 is 129 Å². The highest BCUT2D eigenvalue weighted by Crippen LogP contribution is 2.23. The van der Waals surface area contributed by atoms with Crippen LogP contribution in [0.15, 0.2) is 152 Å². The zero-order valence-electron chi connectivity index (χ0n) is 68.9. The highest BCUT2D eigenvalue weighted by atomic mass is 35.5. The number of aromatic nitrogens is 1. The van der Waals surface area contributed by atoms with Crippen LogP contribution in [-0.4, -0.2) is 225 Å². The highest BCUT2D eigenvalue weighted by molar-refractivity contribution is 7.80. The summed E-state index contributed by atoms with van der Waals surface area (Å²) in [5.74, 6) is -13.7. The molecule has 0 bridgehead atoms. The first kappa shape index (κ1) is 99.0. The first-order chi connectivity index (χ1) is 59.2. The van der Waals surface area contributed by atoms with Crippen molar-refractivity contribution in [2.24, 2.45) is 28.7 Å². The molecule has 0 unspecified atom stereocenters. The normalized spacial score (nSPS) is 14.6. The van der Waals surface area contributed by atoms with Crippen molar-refractivity contribution in [1.82, 2.24) is 68.8 Å². The predicted molar refractivity (Wildman–Crippen MR) is 466 cm³/mol. The summed E-state index contributed by atoms with van der Waals surface area (Å²) in [5, 5.41) is 75.6. The zero-order valence-corrected chi connectivity index (χ0v) is 70.5. The average Bonchev–Trinajstić information content (AvgIpc) is 1.70. The molecule has 0 fully saturated rings. The smallest absolute Gasteiger partial charge is 0.305 e. The van der Waals surface area contributed by atoms with Crippen molar-refractivity contribution in [1.29, 1.82) is 0 Å². The zero-order chi connectivity index (χ0) is 90.5. The lowest BCUT2D eigenvalue weighted by atomic mass is 9.99. The van der Waals surface area contributed by atoms with E-state index < -0.39 is 180 Å². The van der Waals surface area contributed by atoms with Crippen LogP contribution in [0.1, 0.15) is 106 Å². The van der Waals surface area contributed by atoms with Gasteiger partial charge in [0.05, 0.1) is 37.3 Å². The first-order valence-electron chi connectivity index (χ1n) is 40.8. The fourth-order valence-corrected chi connectivity index (χ4v) is 13.8. The Balaban J connectivity index is 1.08. The molecule has 7 aromatic rings. The number of nitrogens with two attached hydrogens (primary N) is 5. The second kappa shape index (κ2) is 50.5. The van der Waals surface area contributed by atoms with Gasteiger partial charge in [-0.1, -0.05) is 133 Å². The molecule has 36 nitrogen and oxygen atoms in total. The van der Waals surface area contributed by atoms with Crippen molar-refractivity contribution in [2.45, 2.75) is 195 Å². The molecule has 6 aromatic carbocycles. The summed E-state index contributed by atoms with van der Waals surface area (Å²) in [5.41, 5.74) is 32.6. The number of aliphatic carboxylic acids is 1. The second-order valence-corrected chi connectivity index (χ2v) is 31.1. The summed E-state index contributed by atoms with van der Waals surface area (Å²) in [7, 11) is 0. The minimum atomic E-state index is -1.86. The number of nitrogens with one attached hydrogen (secondary N) is 13. The standard InChI is InChI=1S/C86H113ClN18O18S/c1-48(106)73(85(122)93-37-15-12-22-60(90)76(113)95-46-71(109)96-70(47-124)84(121)98-64(75(92)112)44-72(110)111)104-83(120)67(39-50-16-4-3-5-17-50)103-86(123)74(49(2)107)105-78(115)63(24-11-14-36-89)97-82(119)69(43-56-45-94-62-23-9-8-20-59(56)62)102-80(117)66(41-52-28-33-58(108)34-29-52)100-79(116)65(40-51-26-31-57(87)32-27-51)101-81(118)68(99-77(114)61(91)21-10-13-35-88)42-53-25-30-54-18-6-7-19-55(54)38-53/h3-9,16-20,23,25-34,38,45,48-49,60-61,63-70,73-74,94,106-108,124H,10-15,21-22,24,35-37,39-44,46-47,88-91H2,1-2H3,(H2,92,112)(H,93,122)(H,95,113)(H,96,109)(H,97,119)(H,98,121)(H,99,114)(H,100,116)(H,101,118)(H,102,117)(H,103,123)(H,104,120)(H,105,115)(H,110,111)/t48-,49-,60+,61-,63+,64+,65+,66+,67+,68-,69-,70+,73+,74+/m1/s1. The van der Waals surface area contributed by atoms with Crippen molar-refractivity contribution in [3.05, 3.63) is 185 Å². The molecule has 1 aromatic heterocycles. The number of aromatic amines is 1. The van der Waals surface area contributed by atoms with Crippen LogP contribution in [0.3, 0.4) is 0 Å². The number of carbonyl (C=O) groups is 14. The van der Waals surface area contributed by atoms with Crippen molar-refractivity contribution in [2.75, 3.05) is 31.9 Å². The third-order valence-electron chi connectivity index (χ3n) is 20.4. The number of H-pyrrole nitrogens is 1. The van der Waals surface area contributed by atoms with Crippen LogP contribution in [0.4, 0.5) is 0 Å². The van der Waals surface area contributed by atoms with E-state index in [1.807, 2.05) is 42.5 Å². The van der Waals surface area contributed by atoms with Gasteiger partial charge in [-0.25, -0.2) is 0 Å². The molecule has 0 aliphatic carbocycles. The molecule has 0 aliphatic heterocycles. The van der Waals surface area contributed by atoms with Crippen LogP contribution >= 0.6 is 24.2 Å². The number of carboxylic acid groups (broad SMARTS) is 1. The number of halogens is 1. The Morgan fingerprint density at radius 3 is 1.42 bits per heavy atom. The molecule has 0 saturated carbocycles. The van der Waals surface area contributed by atoms with Gasteiger partial charge in [-0.3, -0.25) is 67.1 Å². The summed E-state index contributed by atoms with van der Waals surface area (Å²) in [4.78, 5) is 197. The Kier molecular flexibility index (Phi) is 40.3.